The highest BCUT2D eigenvalue weighted by Gasteiger charge is 1.90. The lowest BCUT2D eigenvalue weighted by Gasteiger charge is -1.98. The SMILES string of the molecule is CCCCC(C)=NCC[SiH2]OC. The smallest absolute Gasteiger partial charge is 0.162 e. The second kappa shape index (κ2) is 8.94. The molecule has 0 rings (SSSR count). The quantitative estimate of drug-likeness (QED) is 0.338. The van der Waals surface area contributed by atoms with Crippen molar-refractivity contribution < 1.29 is 4.43 Å². The molecule has 0 unspecified atom stereocenters. The van der Waals surface area contributed by atoms with Gasteiger partial charge in [0.05, 0.1) is 0 Å². The van der Waals surface area contributed by atoms with Crippen LogP contribution in [0.5, 0.6) is 0 Å². The maximum Gasteiger partial charge on any atom is 0.162 e. The van der Waals surface area contributed by atoms with Crippen LogP contribution in [0.15, 0.2) is 4.99 Å². The third kappa shape index (κ3) is 7.95. The standard InChI is InChI=1S/C9H21NOSi/c1-4-5-6-9(2)10-7-8-12-11-3/h4-8,12H2,1-3H3. The number of hydrogen-bond acceptors (Lipinski definition) is 2. The lowest BCUT2D eigenvalue weighted by Crippen LogP contribution is -1.98. The Morgan fingerprint density at radius 2 is 2.25 bits per heavy atom. The Kier molecular flexibility index (Phi) is 8.83. The van der Waals surface area contributed by atoms with E-state index >= 15 is 0 Å². The van der Waals surface area contributed by atoms with Gasteiger partial charge in [-0.3, -0.25) is 4.99 Å². The van der Waals surface area contributed by atoms with Gasteiger partial charge < -0.3 is 4.43 Å². The minimum absolute atomic E-state index is 0.248. The molecular weight excluding hydrogens is 166 g/mol. The molecule has 3 heteroatoms. The molecule has 0 heterocycles. The van der Waals surface area contributed by atoms with Crippen molar-refractivity contribution in [2.24, 2.45) is 4.99 Å². The first kappa shape index (κ1) is 11.8. The van der Waals surface area contributed by atoms with E-state index < -0.39 is 0 Å². The molecule has 0 fully saturated rings. The molecule has 0 amide bonds. The van der Waals surface area contributed by atoms with Crippen molar-refractivity contribution >= 4 is 15.5 Å². The fourth-order valence-corrected chi connectivity index (χ4v) is 1.57. The van der Waals surface area contributed by atoms with Gasteiger partial charge in [-0.2, -0.15) is 0 Å². The van der Waals surface area contributed by atoms with E-state index in [0.29, 0.717) is 0 Å². The normalized spacial score (nSPS) is 13.1. The topological polar surface area (TPSA) is 21.6 Å². The zero-order valence-electron chi connectivity index (χ0n) is 8.60. The van der Waals surface area contributed by atoms with E-state index in [4.69, 9.17) is 4.43 Å². The predicted octanol–water partition coefficient (Wildman–Crippen LogP) is 1.79. The van der Waals surface area contributed by atoms with Crippen molar-refractivity contribution in [1.82, 2.24) is 0 Å². The highest BCUT2D eigenvalue weighted by Crippen LogP contribution is 1.97. The molecule has 0 aliphatic carbocycles. The summed E-state index contributed by atoms with van der Waals surface area (Å²) < 4.78 is 5.07. The zero-order valence-corrected chi connectivity index (χ0v) is 10.0. The molecule has 12 heavy (non-hydrogen) atoms. The van der Waals surface area contributed by atoms with Crippen LogP contribution in [-0.2, 0) is 4.43 Å². The molecule has 0 aliphatic heterocycles. The highest BCUT2D eigenvalue weighted by molar-refractivity contribution is 6.27. The summed E-state index contributed by atoms with van der Waals surface area (Å²) in [6.07, 6.45) is 3.71. The summed E-state index contributed by atoms with van der Waals surface area (Å²) in [7, 11) is 1.54. The number of nitrogens with zero attached hydrogens (tertiary/aromatic N) is 1. The third-order valence-electron chi connectivity index (χ3n) is 1.78. The van der Waals surface area contributed by atoms with E-state index in [1.165, 1.54) is 31.0 Å². The fraction of sp³-hybridized carbons (Fsp3) is 0.889. The van der Waals surface area contributed by atoms with Gasteiger partial charge in [-0.05, 0) is 25.8 Å². The number of unbranched alkanes of at least 4 members (excludes halogenated alkanes) is 1. The number of hydrogen-bond donors (Lipinski definition) is 0. The molecule has 0 aliphatic rings. The van der Waals surface area contributed by atoms with Gasteiger partial charge in [0.2, 0.25) is 0 Å². The summed E-state index contributed by atoms with van der Waals surface area (Å²) in [4.78, 5) is 4.47. The lowest BCUT2D eigenvalue weighted by molar-refractivity contribution is 0.441. The summed E-state index contributed by atoms with van der Waals surface area (Å²) in [6.45, 7) is 5.32. The molecular formula is C9H21NOSi. The van der Waals surface area contributed by atoms with E-state index in [2.05, 4.69) is 18.8 Å². The molecule has 0 aromatic carbocycles. The van der Waals surface area contributed by atoms with Crippen molar-refractivity contribution in [3.63, 3.8) is 0 Å². The largest absolute Gasteiger partial charge is 0.427 e. The Balaban J connectivity index is 3.28. The summed E-state index contributed by atoms with van der Waals surface area (Å²) in [5.41, 5.74) is 1.31. The van der Waals surface area contributed by atoms with E-state index in [9.17, 15) is 0 Å². The van der Waals surface area contributed by atoms with Crippen LogP contribution in [0, 0.1) is 0 Å². The molecule has 0 saturated heterocycles. The first-order chi connectivity index (χ1) is 5.81. The van der Waals surface area contributed by atoms with Crippen LogP contribution in [-0.4, -0.2) is 29.1 Å². The van der Waals surface area contributed by atoms with Crippen LogP contribution in [0.4, 0.5) is 0 Å². The summed E-state index contributed by atoms with van der Waals surface area (Å²) >= 11 is 0. The maximum atomic E-state index is 5.07. The van der Waals surface area contributed by atoms with Gasteiger partial charge >= 0.3 is 0 Å². The van der Waals surface area contributed by atoms with Crippen molar-refractivity contribution in [1.29, 1.82) is 0 Å². The van der Waals surface area contributed by atoms with Crippen LogP contribution in [0.1, 0.15) is 33.1 Å². The van der Waals surface area contributed by atoms with Gasteiger partial charge in [-0.1, -0.05) is 13.3 Å². The average Bonchev–Trinajstić information content (AvgIpc) is 2.09. The van der Waals surface area contributed by atoms with Crippen molar-refractivity contribution in [2.75, 3.05) is 13.7 Å². The van der Waals surface area contributed by atoms with Crippen LogP contribution < -0.4 is 0 Å². The number of rotatable bonds is 7. The van der Waals surface area contributed by atoms with Gasteiger partial charge in [0, 0.05) is 19.4 Å². The molecule has 2 nitrogen and oxygen atoms in total. The maximum absolute atomic E-state index is 5.07. The van der Waals surface area contributed by atoms with Gasteiger partial charge in [0.1, 0.15) is 0 Å². The summed E-state index contributed by atoms with van der Waals surface area (Å²) in [5.74, 6) is 0. The highest BCUT2D eigenvalue weighted by atomic mass is 28.2. The van der Waals surface area contributed by atoms with E-state index in [1.807, 2.05) is 0 Å². The van der Waals surface area contributed by atoms with Gasteiger partial charge in [0.25, 0.3) is 0 Å². The van der Waals surface area contributed by atoms with Gasteiger partial charge in [-0.15, -0.1) is 0 Å². The molecule has 0 aromatic heterocycles. The predicted molar refractivity (Wildman–Crippen MR) is 57.9 cm³/mol. The zero-order chi connectivity index (χ0) is 9.23. The minimum atomic E-state index is -0.248. The second-order valence-electron chi connectivity index (χ2n) is 3.07. The molecule has 0 aromatic rings. The Labute approximate surface area is 78.4 Å². The van der Waals surface area contributed by atoms with Gasteiger partial charge in [0.15, 0.2) is 9.76 Å². The lowest BCUT2D eigenvalue weighted by atomic mass is 10.2. The Morgan fingerprint density at radius 3 is 2.83 bits per heavy atom. The minimum Gasteiger partial charge on any atom is -0.427 e. The first-order valence-electron chi connectivity index (χ1n) is 4.80. The van der Waals surface area contributed by atoms with E-state index in [0.717, 1.165) is 6.54 Å². The van der Waals surface area contributed by atoms with E-state index in [1.54, 1.807) is 7.11 Å². The van der Waals surface area contributed by atoms with Crippen LogP contribution in [0.25, 0.3) is 0 Å². The summed E-state index contributed by atoms with van der Waals surface area (Å²) in [5, 5.41) is 0. The van der Waals surface area contributed by atoms with Crippen LogP contribution in [0.3, 0.4) is 0 Å². The molecule has 0 bridgehead atoms. The number of aliphatic imine (C=N–C) groups is 1. The Hall–Kier alpha value is -0.153. The van der Waals surface area contributed by atoms with Crippen molar-refractivity contribution in [3.8, 4) is 0 Å². The monoisotopic (exact) mass is 187 g/mol. The van der Waals surface area contributed by atoms with Gasteiger partial charge in [-0.25, -0.2) is 0 Å². The average molecular weight is 187 g/mol. The molecule has 0 radical (unpaired) electrons. The Morgan fingerprint density at radius 1 is 1.50 bits per heavy atom. The van der Waals surface area contributed by atoms with Crippen LogP contribution in [0.2, 0.25) is 6.04 Å². The third-order valence-corrected chi connectivity index (χ3v) is 2.79. The molecule has 0 saturated carbocycles. The van der Waals surface area contributed by atoms with Crippen LogP contribution >= 0.6 is 0 Å². The molecule has 0 N–H and O–H groups in total. The Bertz CT molecular complexity index is 126. The molecule has 0 spiro atoms. The molecule has 0 atom stereocenters. The summed E-state index contributed by atoms with van der Waals surface area (Å²) in [6, 6.07) is 1.18. The second-order valence-corrected chi connectivity index (χ2v) is 4.76. The first-order valence-corrected chi connectivity index (χ1v) is 6.37. The molecule has 72 valence electrons. The van der Waals surface area contributed by atoms with E-state index in [-0.39, 0.29) is 9.76 Å². The fourth-order valence-electron chi connectivity index (χ4n) is 0.990. The van der Waals surface area contributed by atoms with Crippen molar-refractivity contribution in [3.05, 3.63) is 0 Å². The van der Waals surface area contributed by atoms with Crippen molar-refractivity contribution in [2.45, 2.75) is 39.2 Å².